The molecule has 0 heterocycles. The molecule has 10 nitrogen and oxygen atoms in total. The van der Waals surface area contributed by atoms with Crippen LogP contribution in [0.1, 0.15) is 65.2 Å². The highest BCUT2D eigenvalue weighted by Gasteiger charge is 2.20. The minimum Gasteiger partial charge on any atom is -0.490 e. The number of esters is 1. The molecule has 242 valence electrons. The molecule has 0 aromatic heterocycles. The zero-order valence-corrected chi connectivity index (χ0v) is 27.7. The Balaban J connectivity index is 1.68. The average molecular weight is 639 g/mol. The van der Waals surface area contributed by atoms with Gasteiger partial charge in [0.15, 0.2) is 18.1 Å². The van der Waals surface area contributed by atoms with Crippen molar-refractivity contribution in [2.24, 2.45) is 0 Å². The number of carbonyl (C=O) groups excluding carboxylic acids is 2. The van der Waals surface area contributed by atoms with Crippen molar-refractivity contribution in [3.05, 3.63) is 82.4 Å². The van der Waals surface area contributed by atoms with Crippen LogP contribution in [0, 0.1) is 5.41 Å². The first-order valence-corrected chi connectivity index (χ1v) is 15.1. The quantitative estimate of drug-likeness (QED) is 0.0909. The van der Waals surface area contributed by atoms with E-state index in [0.717, 1.165) is 22.5 Å². The third-order valence-electron chi connectivity index (χ3n) is 5.93. The number of ether oxygens (including phenoxy) is 4. The van der Waals surface area contributed by atoms with Crippen molar-refractivity contribution in [1.29, 1.82) is 5.41 Å². The summed E-state index contributed by atoms with van der Waals surface area (Å²) in [6, 6.07) is 18.3. The zero-order chi connectivity index (χ0) is 33.2. The monoisotopic (exact) mass is 638 g/mol. The van der Waals surface area contributed by atoms with Crippen LogP contribution in [0.3, 0.4) is 0 Å². The van der Waals surface area contributed by atoms with E-state index in [1.165, 1.54) is 0 Å². The fourth-order valence-electron chi connectivity index (χ4n) is 4.14. The minimum atomic E-state index is -0.679. The van der Waals surface area contributed by atoms with Gasteiger partial charge >= 0.3 is 12.1 Å². The summed E-state index contributed by atoms with van der Waals surface area (Å²) in [5.41, 5.74) is 2.66. The van der Waals surface area contributed by atoms with Crippen molar-refractivity contribution in [1.82, 2.24) is 5.32 Å². The first-order chi connectivity index (χ1) is 21.1. The predicted octanol–water partition coefficient (Wildman–Crippen LogP) is 7.53. The summed E-state index contributed by atoms with van der Waals surface area (Å²) < 4.78 is 22.3. The number of amidine groups is 1. The van der Waals surface area contributed by atoms with Gasteiger partial charge in [0.05, 0.1) is 6.61 Å². The molecule has 0 aliphatic carbocycles. The number of hydrogen-bond donors (Lipinski definition) is 4. The van der Waals surface area contributed by atoms with Crippen molar-refractivity contribution in [3.63, 3.8) is 0 Å². The molecular weight excluding hydrogens is 596 g/mol. The third-order valence-corrected chi connectivity index (χ3v) is 6.17. The normalized spacial score (nSPS) is 11.3. The second-order valence-electron chi connectivity index (χ2n) is 12.1. The molecule has 0 spiro atoms. The van der Waals surface area contributed by atoms with Crippen LogP contribution in [0.4, 0.5) is 16.2 Å². The fourth-order valence-corrected chi connectivity index (χ4v) is 4.33. The molecule has 4 N–H and O–H groups in total. The Bertz CT molecular complexity index is 1480. The van der Waals surface area contributed by atoms with Gasteiger partial charge in [-0.1, -0.05) is 23.7 Å². The number of benzene rings is 3. The van der Waals surface area contributed by atoms with Crippen LogP contribution in [-0.2, 0) is 27.4 Å². The maximum absolute atomic E-state index is 12.3. The first kappa shape index (κ1) is 35.0. The largest absolute Gasteiger partial charge is 0.490 e. The van der Waals surface area contributed by atoms with Gasteiger partial charge in [0.2, 0.25) is 0 Å². The summed E-state index contributed by atoms with van der Waals surface area (Å²) in [5, 5.41) is 18.1. The van der Waals surface area contributed by atoms with E-state index in [1.54, 1.807) is 59.7 Å². The molecule has 3 rings (SSSR count). The molecule has 0 atom stereocenters. The summed E-state index contributed by atoms with van der Waals surface area (Å²) >= 11 is 6.35. The topological polar surface area (TPSA) is 131 Å². The van der Waals surface area contributed by atoms with Gasteiger partial charge in [-0.3, -0.25) is 10.7 Å². The van der Waals surface area contributed by atoms with E-state index in [9.17, 15) is 9.59 Å². The number of para-hydroxylation sites is 1. The van der Waals surface area contributed by atoms with Gasteiger partial charge < -0.3 is 29.6 Å². The van der Waals surface area contributed by atoms with Crippen molar-refractivity contribution >= 4 is 40.9 Å². The summed E-state index contributed by atoms with van der Waals surface area (Å²) in [6.45, 7) is 13.6. The van der Waals surface area contributed by atoms with Crippen molar-refractivity contribution in [2.45, 2.75) is 72.8 Å². The Morgan fingerprint density at radius 3 is 2.13 bits per heavy atom. The van der Waals surface area contributed by atoms with Gasteiger partial charge in [0, 0.05) is 40.6 Å². The smallest absolute Gasteiger partial charge is 0.413 e. The van der Waals surface area contributed by atoms with E-state index in [1.807, 2.05) is 49.4 Å². The van der Waals surface area contributed by atoms with Crippen molar-refractivity contribution in [2.75, 3.05) is 23.8 Å². The Morgan fingerprint density at radius 2 is 1.49 bits per heavy atom. The van der Waals surface area contributed by atoms with Gasteiger partial charge in [0.1, 0.15) is 17.0 Å². The van der Waals surface area contributed by atoms with Crippen LogP contribution in [-0.4, -0.2) is 42.3 Å². The van der Waals surface area contributed by atoms with E-state index in [4.69, 9.17) is 36.0 Å². The first-order valence-electron chi connectivity index (χ1n) is 14.7. The van der Waals surface area contributed by atoms with E-state index < -0.39 is 23.3 Å². The summed E-state index contributed by atoms with van der Waals surface area (Å²) in [5.74, 6) is 0.484. The molecule has 0 aliphatic rings. The second-order valence-corrected chi connectivity index (χ2v) is 12.6. The number of carbonyl (C=O) groups is 2. The summed E-state index contributed by atoms with van der Waals surface area (Å²) in [7, 11) is 0. The van der Waals surface area contributed by atoms with Gasteiger partial charge in [-0.15, -0.1) is 0 Å². The van der Waals surface area contributed by atoms with Crippen LogP contribution in [0.15, 0.2) is 60.7 Å². The highest BCUT2D eigenvalue weighted by atomic mass is 35.5. The van der Waals surface area contributed by atoms with Crippen molar-refractivity contribution < 1.29 is 28.5 Å². The standard InChI is InChI=1S/C34H43ClN4O6/c1-8-42-28-11-9-10-23(30(28)43-21-29(40)44-33(2,3)4)19-38-27-17-14-25(35)18-24(27)20-37-26-15-12-22(13-16-26)31(36)39-32(41)45-34(5,6)7/h9-18,37-38H,8,19-21H2,1-7H3,(H2,36,39,41). The lowest BCUT2D eigenvalue weighted by atomic mass is 10.1. The van der Waals surface area contributed by atoms with E-state index >= 15 is 0 Å². The summed E-state index contributed by atoms with van der Waals surface area (Å²) in [6.07, 6.45) is -0.679. The van der Waals surface area contributed by atoms with Crippen LogP contribution in [0.5, 0.6) is 11.5 Å². The van der Waals surface area contributed by atoms with Crippen LogP contribution in [0.25, 0.3) is 0 Å². The lowest BCUT2D eigenvalue weighted by Crippen LogP contribution is -2.36. The Labute approximate surface area is 270 Å². The number of alkyl carbamates (subject to hydrolysis) is 1. The molecule has 45 heavy (non-hydrogen) atoms. The number of amides is 1. The van der Waals surface area contributed by atoms with E-state index in [-0.39, 0.29) is 12.4 Å². The van der Waals surface area contributed by atoms with E-state index in [0.29, 0.717) is 41.8 Å². The molecule has 3 aromatic rings. The lowest BCUT2D eigenvalue weighted by Gasteiger charge is -2.21. The van der Waals surface area contributed by atoms with Gasteiger partial charge in [-0.25, -0.2) is 9.59 Å². The molecule has 3 aromatic carbocycles. The SMILES string of the molecule is CCOc1cccc(CNc2ccc(Cl)cc2CNc2ccc(C(=N)NC(=O)OC(C)(C)C)cc2)c1OCC(=O)OC(C)(C)C. The molecule has 1 amide bonds. The second kappa shape index (κ2) is 15.5. The Hall–Kier alpha value is -4.44. The fraction of sp³-hybridized carbons (Fsp3) is 0.382. The Kier molecular flexibility index (Phi) is 12.1. The maximum atomic E-state index is 12.3. The van der Waals surface area contributed by atoms with Gasteiger partial charge in [-0.05, 0) is 103 Å². The molecule has 0 saturated heterocycles. The highest BCUT2D eigenvalue weighted by Crippen LogP contribution is 2.33. The third kappa shape index (κ3) is 11.9. The zero-order valence-electron chi connectivity index (χ0n) is 26.9. The maximum Gasteiger partial charge on any atom is 0.413 e. The van der Waals surface area contributed by atoms with Crippen molar-refractivity contribution in [3.8, 4) is 11.5 Å². The molecule has 11 heteroatoms. The van der Waals surface area contributed by atoms with Gasteiger partial charge in [-0.2, -0.15) is 0 Å². The van der Waals surface area contributed by atoms with E-state index in [2.05, 4.69) is 16.0 Å². The number of anilines is 2. The molecular formula is C34H43ClN4O6. The van der Waals surface area contributed by atoms with Gasteiger partial charge in [0.25, 0.3) is 0 Å². The number of rotatable bonds is 12. The molecule has 0 fully saturated rings. The van der Waals surface area contributed by atoms with Crippen LogP contribution < -0.4 is 25.4 Å². The molecule has 0 saturated carbocycles. The lowest BCUT2D eigenvalue weighted by molar-refractivity contribution is -0.157. The van der Waals surface area contributed by atoms with Crippen LogP contribution >= 0.6 is 11.6 Å². The molecule has 0 bridgehead atoms. The number of hydrogen-bond acceptors (Lipinski definition) is 9. The molecule has 0 radical (unpaired) electrons. The highest BCUT2D eigenvalue weighted by molar-refractivity contribution is 6.30. The number of nitrogens with one attached hydrogen (secondary N) is 4. The predicted molar refractivity (Wildman–Crippen MR) is 178 cm³/mol. The number of halogens is 1. The minimum absolute atomic E-state index is 0.0556. The molecule has 0 aliphatic heterocycles. The average Bonchev–Trinajstić information content (AvgIpc) is 2.93. The summed E-state index contributed by atoms with van der Waals surface area (Å²) in [4.78, 5) is 24.3. The molecule has 0 unspecified atom stereocenters. The Morgan fingerprint density at radius 1 is 0.822 bits per heavy atom. The van der Waals surface area contributed by atoms with Crippen LogP contribution in [0.2, 0.25) is 5.02 Å².